The molecule has 0 radical (unpaired) electrons. The number of rotatable bonds is 39. The standard InChI is InChI=1S/C24H36F4O5S.C20H32F4O5S.C18H30F4O5S.C17H28F4O5S/c1-22(25,26)15-24(27,28)20(14-32-5-2-16-3-6-34(30,31)7-4-16)33-21(29)23-11-17-8-18(12-23)10-19(9-17)13-23;1-19(21,22)14-20(23,24)17(29-18(25)16-5-3-2-4-6-16)13-28-10-7-15-8-11-30(26,27)12-9-15;1-16(2,3)15(23)27-14(18(21,22)12-17(4,19)20)11-26-8-5-13-6-9-28(24,25)10-7-13;1-12(2)15(22)26-14(17(20,21)11-16(3,18)19)10-25-7-4-13-5-8-27(23,24)9-6-13/h16-20H,2-15H2,1H3;15-17H,2-14H2,1H3;13-14H,5-12H2,1-4H3;12-14H,4-11H2,1-3H3. The highest BCUT2D eigenvalue weighted by Crippen LogP contribution is 2.61. The fourth-order valence-electron chi connectivity index (χ4n) is 16.5. The molecule has 0 aromatic carbocycles. The van der Waals surface area contributed by atoms with Crippen LogP contribution in [0.1, 0.15) is 236 Å². The van der Waals surface area contributed by atoms with E-state index in [0.29, 0.717) is 155 Å². The Kier molecular flexibility index (Phi) is 39.4. The zero-order chi connectivity index (χ0) is 89.9. The van der Waals surface area contributed by atoms with Crippen molar-refractivity contribution in [2.24, 2.45) is 64.1 Å². The van der Waals surface area contributed by atoms with Crippen LogP contribution >= 0.6 is 0 Å². The summed E-state index contributed by atoms with van der Waals surface area (Å²) in [6.45, 7) is 6.39. The number of carbonyl (C=O) groups is 4. The number of carbonyl (C=O) groups excluding carboxylic acids is 4. The van der Waals surface area contributed by atoms with Gasteiger partial charge in [-0.15, -0.1) is 0 Å². The molecule has 0 aromatic rings. The van der Waals surface area contributed by atoms with E-state index in [2.05, 4.69) is 0 Å². The maximum Gasteiger partial charge on any atom is 0.312 e. The molecule has 4 aliphatic heterocycles. The third-order valence-corrected chi connectivity index (χ3v) is 29.9. The molecule has 698 valence electrons. The number of alkyl halides is 16. The van der Waals surface area contributed by atoms with Gasteiger partial charge in [0.2, 0.25) is 0 Å². The second kappa shape index (κ2) is 44.2. The molecule has 9 rings (SSSR count). The van der Waals surface area contributed by atoms with Crippen molar-refractivity contribution in [1.29, 1.82) is 0 Å². The maximum absolute atomic E-state index is 14.9. The predicted molar refractivity (Wildman–Crippen MR) is 409 cm³/mol. The first-order valence-electron chi connectivity index (χ1n) is 41.4. The van der Waals surface area contributed by atoms with Crippen molar-refractivity contribution in [2.45, 2.75) is 307 Å². The van der Waals surface area contributed by atoms with E-state index < -0.39 is 210 Å². The lowest BCUT2D eigenvalue weighted by molar-refractivity contribution is -0.215. The molecule has 4 unspecified atom stereocenters. The van der Waals surface area contributed by atoms with Crippen molar-refractivity contribution in [3.05, 3.63) is 0 Å². The van der Waals surface area contributed by atoms with Gasteiger partial charge in [0, 0.05) is 26.4 Å². The SMILES string of the molecule is CC(C)C(=O)OC(COCCC1CCS(=O)(=O)CC1)C(F)(F)CC(C)(F)F.CC(F)(F)CC(F)(F)C(COCCC1CCS(=O)(=O)CC1)OC(=O)C(C)(C)C.CC(F)(F)CC(F)(F)C(COCCC1CCS(=O)(=O)CC1)OC(=O)C12CC3CC(CC(C3)C1)C2.CC(F)(F)CC(F)(F)C(COCCC1CCS(=O)(=O)CC1)OC(=O)C1CCCCC1. The van der Waals surface area contributed by atoms with Gasteiger partial charge in [0.1, 0.15) is 39.3 Å². The van der Waals surface area contributed by atoms with Crippen LogP contribution in [0.15, 0.2) is 0 Å². The van der Waals surface area contributed by atoms with Crippen LogP contribution < -0.4 is 0 Å². The zero-order valence-corrected chi connectivity index (χ0v) is 73.0. The van der Waals surface area contributed by atoms with E-state index >= 15 is 0 Å². The van der Waals surface area contributed by atoms with Crippen molar-refractivity contribution in [1.82, 2.24) is 0 Å². The minimum atomic E-state index is -3.96. The van der Waals surface area contributed by atoms with Gasteiger partial charge in [0.05, 0.1) is 121 Å². The minimum Gasteiger partial charge on any atom is -0.453 e. The second-order valence-corrected chi connectivity index (χ2v) is 45.7. The van der Waals surface area contributed by atoms with E-state index in [0.717, 1.165) is 38.5 Å². The van der Waals surface area contributed by atoms with Crippen LogP contribution in [0.5, 0.6) is 0 Å². The molecule has 5 saturated carbocycles. The van der Waals surface area contributed by atoms with E-state index in [1.807, 2.05) is 0 Å². The van der Waals surface area contributed by atoms with Crippen molar-refractivity contribution in [2.75, 3.05) is 98.9 Å². The van der Waals surface area contributed by atoms with Crippen molar-refractivity contribution >= 4 is 63.2 Å². The normalized spacial score (nSPS) is 24.7. The number of hydrogen-bond acceptors (Lipinski definition) is 20. The lowest BCUT2D eigenvalue weighted by atomic mass is 9.49. The molecule has 0 amide bonds. The smallest absolute Gasteiger partial charge is 0.312 e. The number of esters is 4. The highest BCUT2D eigenvalue weighted by molar-refractivity contribution is 7.92. The number of hydrogen-bond donors (Lipinski definition) is 0. The fourth-order valence-corrected chi connectivity index (χ4v) is 22.9. The highest BCUT2D eigenvalue weighted by Gasteiger charge is 2.59. The molecule has 9 aliphatic rings. The third-order valence-electron chi connectivity index (χ3n) is 23.0. The molecule has 0 spiro atoms. The topological polar surface area (TPSA) is 279 Å². The summed E-state index contributed by atoms with van der Waals surface area (Å²) in [6, 6.07) is 0. The zero-order valence-electron chi connectivity index (χ0n) is 69.8. The summed E-state index contributed by atoms with van der Waals surface area (Å²) in [7, 11) is -12.0. The van der Waals surface area contributed by atoms with E-state index in [1.54, 1.807) is 0 Å². The van der Waals surface area contributed by atoms with Crippen molar-refractivity contribution in [3.63, 3.8) is 0 Å². The van der Waals surface area contributed by atoms with E-state index in [9.17, 15) is 123 Å². The molecule has 0 N–H and O–H groups in total. The fraction of sp³-hybridized carbons (Fsp3) is 0.949. The van der Waals surface area contributed by atoms with Gasteiger partial charge in [-0.2, -0.15) is 0 Å². The quantitative estimate of drug-likeness (QED) is 0.0239. The molecule has 4 atom stereocenters. The molecule has 4 bridgehead atoms. The summed E-state index contributed by atoms with van der Waals surface area (Å²) in [5.74, 6) is -32.3. The Labute approximate surface area is 691 Å². The summed E-state index contributed by atoms with van der Waals surface area (Å²) in [5, 5.41) is 0. The molecule has 4 saturated heterocycles. The molecule has 0 aromatic heterocycles. The van der Waals surface area contributed by atoms with Crippen molar-refractivity contribution < 1.29 is 161 Å². The van der Waals surface area contributed by atoms with Crippen LogP contribution in [0.2, 0.25) is 0 Å². The van der Waals surface area contributed by atoms with Crippen LogP contribution in [0.3, 0.4) is 0 Å². The lowest BCUT2D eigenvalue weighted by Crippen LogP contribution is -2.53. The Morgan fingerprint density at radius 1 is 0.353 bits per heavy atom. The summed E-state index contributed by atoms with van der Waals surface area (Å²) in [6.07, 6.45) is -0.782. The Morgan fingerprint density at radius 3 is 0.857 bits per heavy atom. The largest absolute Gasteiger partial charge is 0.453 e. The highest BCUT2D eigenvalue weighted by atomic mass is 32.2. The van der Waals surface area contributed by atoms with Gasteiger partial charge in [-0.25, -0.2) is 104 Å². The number of ether oxygens (including phenoxy) is 8. The van der Waals surface area contributed by atoms with Gasteiger partial charge >= 0.3 is 23.9 Å². The summed E-state index contributed by atoms with van der Waals surface area (Å²) in [4.78, 5) is 49.1. The maximum atomic E-state index is 14.9. The summed E-state index contributed by atoms with van der Waals surface area (Å²) >= 11 is 0. The van der Waals surface area contributed by atoms with Crippen LogP contribution in [-0.2, 0) is 96.4 Å². The molecule has 4 heterocycles. The van der Waals surface area contributed by atoms with Crippen LogP contribution in [-0.4, -0.2) is 228 Å². The molecular formula is C79H126F16O20S4. The van der Waals surface area contributed by atoms with Gasteiger partial charge < -0.3 is 37.9 Å². The third kappa shape index (κ3) is 39.5. The van der Waals surface area contributed by atoms with E-state index in [-0.39, 0.29) is 96.1 Å². The van der Waals surface area contributed by atoms with Crippen LogP contribution in [0.25, 0.3) is 0 Å². The molecule has 9 fully saturated rings. The summed E-state index contributed by atoms with van der Waals surface area (Å²) in [5.41, 5.74) is -1.85. The second-order valence-electron chi connectivity index (χ2n) is 36.4. The average molecular weight is 1830 g/mol. The molecular weight excluding hydrogens is 1700 g/mol. The Bertz CT molecular complexity index is 3560. The van der Waals surface area contributed by atoms with Gasteiger partial charge in [-0.1, -0.05) is 33.1 Å². The van der Waals surface area contributed by atoms with Crippen LogP contribution in [0, 0.1) is 64.1 Å². The molecule has 5 aliphatic carbocycles. The van der Waals surface area contributed by atoms with Gasteiger partial charge in [-0.3, -0.25) is 19.2 Å². The van der Waals surface area contributed by atoms with Crippen LogP contribution in [0.4, 0.5) is 70.2 Å². The minimum absolute atomic E-state index is 0.0485. The van der Waals surface area contributed by atoms with E-state index in [1.165, 1.54) is 34.6 Å². The predicted octanol–water partition coefficient (Wildman–Crippen LogP) is 16.7. The first-order valence-corrected chi connectivity index (χ1v) is 48.6. The number of sulfone groups is 4. The lowest BCUT2D eigenvalue weighted by Gasteiger charge is -2.55. The summed E-state index contributed by atoms with van der Waals surface area (Å²) < 4.78 is 354. The van der Waals surface area contributed by atoms with Gasteiger partial charge in [-0.05, 0) is 218 Å². The van der Waals surface area contributed by atoms with Crippen molar-refractivity contribution in [3.8, 4) is 0 Å². The average Bonchev–Trinajstić information content (AvgIpc) is 0.737. The Morgan fingerprint density at radius 2 is 0.605 bits per heavy atom. The van der Waals surface area contributed by atoms with Gasteiger partial charge in [0.25, 0.3) is 47.4 Å². The van der Waals surface area contributed by atoms with E-state index in [4.69, 9.17) is 37.9 Å². The first kappa shape index (κ1) is 106. The Hall–Kier alpha value is -3.60. The first-order chi connectivity index (χ1) is 54.4. The molecule has 40 heteroatoms. The Balaban J connectivity index is 0.000000284. The monoisotopic (exact) mass is 1830 g/mol. The molecule has 20 nitrogen and oxygen atoms in total. The van der Waals surface area contributed by atoms with Gasteiger partial charge in [0.15, 0.2) is 24.4 Å². The number of halogens is 16. The molecule has 119 heavy (non-hydrogen) atoms.